The van der Waals surface area contributed by atoms with Crippen molar-refractivity contribution in [3.05, 3.63) is 0 Å². The van der Waals surface area contributed by atoms with Gasteiger partial charge < -0.3 is 4.74 Å². The van der Waals surface area contributed by atoms with Crippen LogP contribution in [0, 0.1) is 5.92 Å². The Hall–Kier alpha value is 0.440. The van der Waals surface area contributed by atoms with Crippen molar-refractivity contribution in [2.75, 3.05) is 18.5 Å². The summed E-state index contributed by atoms with van der Waals surface area (Å²) in [6.45, 7) is 1.93. The van der Waals surface area contributed by atoms with Gasteiger partial charge >= 0.3 is 0 Å². The first kappa shape index (κ1) is 5.57. The second kappa shape index (κ2) is 2.68. The van der Waals surface area contributed by atoms with Crippen LogP contribution in [0.15, 0.2) is 0 Å². The molecule has 0 aliphatic carbocycles. The molecule has 1 fully saturated rings. The Morgan fingerprint density at radius 2 is 2.57 bits per heavy atom. The van der Waals surface area contributed by atoms with E-state index in [2.05, 4.69) is 15.9 Å². The Kier molecular flexibility index (Phi) is 2.13. The normalized spacial score (nSPS) is 31.3. The molecule has 0 unspecified atom stereocenters. The van der Waals surface area contributed by atoms with Crippen molar-refractivity contribution in [1.29, 1.82) is 0 Å². The first-order valence-electron chi connectivity index (χ1n) is 2.57. The van der Waals surface area contributed by atoms with Crippen LogP contribution < -0.4 is 0 Å². The van der Waals surface area contributed by atoms with Crippen molar-refractivity contribution in [1.82, 2.24) is 0 Å². The van der Waals surface area contributed by atoms with Crippen LogP contribution in [0.2, 0.25) is 0 Å². The third-order valence-electron chi connectivity index (χ3n) is 1.24. The summed E-state index contributed by atoms with van der Waals surface area (Å²) in [5, 5.41) is 1.10. The molecular weight excluding hydrogens is 156 g/mol. The van der Waals surface area contributed by atoms with Gasteiger partial charge in [0.25, 0.3) is 0 Å². The summed E-state index contributed by atoms with van der Waals surface area (Å²) in [4.78, 5) is 0. The second-order valence-electron chi connectivity index (χ2n) is 1.88. The summed E-state index contributed by atoms with van der Waals surface area (Å²) in [6.07, 6.45) is 1.24. The van der Waals surface area contributed by atoms with Crippen LogP contribution in [0.25, 0.3) is 0 Å². The topological polar surface area (TPSA) is 9.23 Å². The van der Waals surface area contributed by atoms with E-state index in [0.29, 0.717) is 0 Å². The Morgan fingerprint density at radius 3 is 2.86 bits per heavy atom. The average molecular weight is 165 g/mol. The van der Waals surface area contributed by atoms with Crippen LogP contribution in [0.3, 0.4) is 0 Å². The molecule has 0 spiro atoms. The van der Waals surface area contributed by atoms with Crippen LogP contribution in [0.1, 0.15) is 6.42 Å². The Morgan fingerprint density at radius 1 is 1.71 bits per heavy atom. The molecule has 1 atom stereocenters. The van der Waals surface area contributed by atoms with Gasteiger partial charge in [-0.3, -0.25) is 0 Å². The van der Waals surface area contributed by atoms with Crippen molar-refractivity contribution in [2.24, 2.45) is 5.92 Å². The van der Waals surface area contributed by atoms with E-state index in [1.165, 1.54) is 6.42 Å². The number of rotatable bonds is 1. The number of halogens is 1. The zero-order valence-electron chi connectivity index (χ0n) is 4.19. The molecule has 7 heavy (non-hydrogen) atoms. The molecule has 42 valence electrons. The second-order valence-corrected chi connectivity index (χ2v) is 2.53. The smallest absolute Gasteiger partial charge is 0.0503 e. The van der Waals surface area contributed by atoms with E-state index < -0.39 is 0 Å². The van der Waals surface area contributed by atoms with Crippen molar-refractivity contribution in [3.8, 4) is 0 Å². The summed E-state index contributed by atoms with van der Waals surface area (Å²) in [5.74, 6) is 0.792. The van der Waals surface area contributed by atoms with E-state index in [-0.39, 0.29) is 0 Å². The lowest BCUT2D eigenvalue weighted by atomic mass is 10.2. The minimum Gasteiger partial charge on any atom is -0.381 e. The number of hydrogen-bond acceptors (Lipinski definition) is 1. The fraction of sp³-hybridized carbons (Fsp3) is 1.00. The third-order valence-corrected chi connectivity index (χ3v) is 2.16. The molecule has 1 aliphatic rings. The Bertz CT molecular complexity index is 50.0. The highest BCUT2D eigenvalue weighted by atomic mass is 79.9. The highest BCUT2D eigenvalue weighted by Crippen LogP contribution is 2.13. The number of ether oxygens (including phenoxy) is 1. The molecule has 1 heterocycles. The van der Waals surface area contributed by atoms with Crippen molar-refractivity contribution in [3.63, 3.8) is 0 Å². The zero-order chi connectivity index (χ0) is 5.11. The van der Waals surface area contributed by atoms with Gasteiger partial charge in [0, 0.05) is 11.9 Å². The molecule has 1 rings (SSSR count). The van der Waals surface area contributed by atoms with Crippen molar-refractivity contribution in [2.45, 2.75) is 6.42 Å². The predicted molar refractivity (Wildman–Crippen MR) is 32.7 cm³/mol. The van der Waals surface area contributed by atoms with Crippen LogP contribution >= 0.6 is 15.9 Å². The molecule has 0 amide bonds. The van der Waals surface area contributed by atoms with Crippen molar-refractivity contribution < 1.29 is 4.74 Å². The first-order valence-corrected chi connectivity index (χ1v) is 3.69. The van der Waals surface area contributed by atoms with Crippen LogP contribution in [-0.4, -0.2) is 18.5 Å². The molecule has 0 aromatic heterocycles. The fourth-order valence-electron chi connectivity index (χ4n) is 0.705. The lowest BCUT2D eigenvalue weighted by Gasteiger charge is -1.96. The third kappa shape index (κ3) is 1.42. The molecule has 1 nitrogen and oxygen atoms in total. The van der Waals surface area contributed by atoms with Crippen LogP contribution in [0.5, 0.6) is 0 Å². The van der Waals surface area contributed by atoms with Gasteiger partial charge in [-0.15, -0.1) is 0 Å². The molecule has 0 bridgehead atoms. The Balaban J connectivity index is 2.14. The average Bonchev–Trinajstić information content (AvgIpc) is 2.14. The molecule has 0 aromatic rings. The largest absolute Gasteiger partial charge is 0.381 e. The van der Waals surface area contributed by atoms with E-state index in [1.807, 2.05) is 0 Å². The molecular formula is C5H9BrO. The van der Waals surface area contributed by atoms with Gasteiger partial charge in [-0.2, -0.15) is 0 Å². The van der Waals surface area contributed by atoms with Crippen LogP contribution in [-0.2, 0) is 4.74 Å². The SMILES string of the molecule is BrC[C@H]1CCOC1. The maximum Gasteiger partial charge on any atom is 0.0503 e. The van der Waals surface area contributed by atoms with E-state index in [9.17, 15) is 0 Å². The maximum atomic E-state index is 5.12. The molecule has 1 saturated heterocycles. The summed E-state index contributed by atoms with van der Waals surface area (Å²) >= 11 is 3.40. The predicted octanol–water partition coefficient (Wildman–Crippen LogP) is 1.42. The standard InChI is InChI=1S/C5H9BrO/c6-3-5-1-2-7-4-5/h5H,1-4H2/t5-/m1/s1. The van der Waals surface area contributed by atoms with Gasteiger partial charge in [-0.25, -0.2) is 0 Å². The molecule has 0 N–H and O–H groups in total. The van der Waals surface area contributed by atoms with E-state index >= 15 is 0 Å². The number of hydrogen-bond donors (Lipinski definition) is 0. The minimum atomic E-state index is 0.792. The summed E-state index contributed by atoms with van der Waals surface area (Å²) < 4.78 is 5.12. The lowest BCUT2D eigenvalue weighted by molar-refractivity contribution is 0.189. The van der Waals surface area contributed by atoms with Gasteiger partial charge in [0.05, 0.1) is 6.61 Å². The van der Waals surface area contributed by atoms with E-state index in [1.54, 1.807) is 0 Å². The van der Waals surface area contributed by atoms with Crippen LogP contribution in [0.4, 0.5) is 0 Å². The monoisotopic (exact) mass is 164 g/mol. The number of alkyl halides is 1. The molecule has 0 aromatic carbocycles. The summed E-state index contributed by atoms with van der Waals surface area (Å²) in [5.41, 5.74) is 0. The molecule has 0 radical (unpaired) electrons. The molecule has 0 saturated carbocycles. The van der Waals surface area contributed by atoms with Gasteiger partial charge in [-0.1, -0.05) is 15.9 Å². The minimum absolute atomic E-state index is 0.792. The summed E-state index contributed by atoms with van der Waals surface area (Å²) in [6, 6.07) is 0. The zero-order valence-corrected chi connectivity index (χ0v) is 5.78. The van der Waals surface area contributed by atoms with Crippen molar-refractivity contribution >= 4 is 15.9 Å². The fourth-order valence-corrected chi connectivity index (χ4v) is 1.22. The molecule has 1 aliphatic heterocycles. The van der Waals surface area contributed by atoms with Gasteiger partial charge in [-0.05, 0) is 12.3 Å². The highest BCUT2D eigenvalue weighted by Gasteiger charge is 2.12. The highest BCUT2D eigenvalue weighted by molar-refractivity contribution is 9.09. The lowest BCUT2D eigenvalue weighted by Crippen LogP contribution is -1.98. The quantitative estimate of drug-likeness (QED) is 0.534. The van der Waals surface area contributed by atoms with E-state index in [4.69, 9.17) is 4.74 Å². The van der Waals surface area contributed by atoms with Gasteiger partial charge in [0.2, 0.25) is 0 Å². The van der Waals surface area contributed by atoms with Gasteiger partial charge in [0.15, 0.2) is 0 Å². The van der Waals surface area contributed by atoms with E-state index in [0.717, 1.165) is 24.5 Å². The Labute approximate surface area is 52.2 Å². The first-order chi connectivity index (χ1) is 3.43. The molecule has 2 heteroatoms. The maximum absolute atomic E-state index is 5.12. The summed E-state index contributed by atoms with van der Waals surface area (Å²) in [7, 11) is 0. The van der Waals surface area contributed by atoms with Gasteiger partial charge in [0.1, 0.15) is 0 Å².